The molecule has 1 unspecified atom stereocenters. The van der Waals surface area contributed by atoms with Gasteiger partial charge in [0.2, 0.25) is 10.0 Å². The maximum absolute atomic E-state index is 15.9. The number of hydrogen-bond donors (Lipinski definition) is 0. The Morgan fingerprint density at radius 2 is 1.60 bits per heavy atom. The van der Waals surface area contributed by atoms with E-state index in [0.29, 0.717) is 8.54 Å². The lowest BCUT2D eigenvalue weighted by atomic mass is 10.1. The van der Waals surface area contributed by atoms with Gasteiger partial charge in [-0.25, -0.2) is 26.4 Å². The maximum Gasteiger partial charge on any atom is 0.348 e. The smallest absolute Gasteiger partial charge is 0.348 e. The summed E-state index contributed by atoms with van der Waals surface area (Å²) >= 11 is 2.00. The van der Waals surface area contributed by atoms with Crippen molar-refractivity contribution in [3.05, 3.63) is 124 Å². The minimum absolute atomic E-state index is 0.0471. The predicted octanol–water partition coefficient (Wildman–Crippen LogP) is 7.63. The van der Waals surface area contributed by atoms with E-state index in [1.54, 1.807) is 0 Å². The van der Waals surface area contributed by atoms with Gasteiger partial charge >= 0.3 is 5.69 Å². The number of furan rings is 1. The van der Waals surface area contributed by atoms with Gasteiger partial charge in [0.05, 0.1) is 48.0 Å². The third-order valence-corrected chi connectivity index (χ3v) is 12.2. The number of hydrogen-bond acceptors (Lipinski definition) is 6. The van der Waals surface area contributed by atoms with Crippen LogP contribution in [0, 0.1) is 11.6 Å². The van der Waals surface area contributed by atoms with Crippen molar-refractivity contribution >= 4 is 60.3 Å². The second-order valence-electron chi connectivity index (χ2n) is 12.0. The quantitative estimate of drug-likeness (QED) is 0.0954. The number of nitrogens with zero attached hydrogens (tertiary/aromatic N) is 2. The monoisotopic (exact) mass is 790 g/mol. The molecule has 5 aromatic rings. The second-order valence-corrected chi connectivity index (χ2v) is 15.8. The molecule has 7 rings (SSSR count). The van der Waals surface area contributed by atoms with Gasteiger partial charge < -0.3 is 13.9 Å². The molecule has 2 aromatic heterocycles. The molecule has 3 aromatic carbocycles. The number of rotatable bonds is 12. The van der Waals surface area contributed by atoms with Gasteiger partial charge in [-0.3, -0.25) is 4.57 Å². The van der Waals surface area contributed by atoms with Gasteiger partial charge in [-0.1, -0.05) is 89.3 Å². The van der Waals surface area contributed by atoms with Crippen LogP contribution in [0.1, 0.15) is 36.8 Å². The number of fused-ring (bicyclic) bond motifs is 3. The SMILES string of the molecule is O=c1n(C2=CCC(I)C=C2F)c2c(F)c(F)c3ccoc3c2n1S(=O)(=O)C1(C[C@H](COCc2ccccc2)OCc2ccccc2)CC1. The molecule has 0 aliphatic heterocycles. The fourth-order valence-electron chi connectivity index (χ4n) is 6.20. The summed E-state index contributed by atoms with van der Waals surface area (Å²) in [7, 11) is -4.66. The summed E-state index contributed by atoms with van der Waals surface area (Å²) in [6.45, 7) is 0.509. The van der Waals surface area contributed by atoms with Crippen LogP contribution in [0.3, 0.4) is 0 Å². The molecule has 0 bridgehead atoms. The Bertz CT molecular complexity index is 2220. The van der Waals surface area contributed by atoms with Crippen molar-refractivity contribution < 1.29 is 35.5 Å². The molecule has 13 heteroatoms. The lowest BCUT2D eigenvalue weighted by Crippen LogP contribution is -2.40. The van der Waals surface area contributed by atoms with E-state index < -0.39 is 55.1 Å². The molecular weight excluding hydrogens is 760 g/mol. The number of allylic oxidation sites excluding steroid dienone is 4. The summed E-state index contributed by atoms with van der Waals surface area (Å²) in [5.74, 6) is -3.68. The Morgan fingerprint density at radius 3 is 2.25 bits per heavy atom. The van der Waals surface area contributed by atoms with Crippen molar-refractivity contribution in [1.29, 1.82) is 0 Å². The first-order valence-electron chi connectivity index (χ1n) is 15.4. The standard InChI is InChI=1S/C35H30F3IN2O6S/c36-27-17-24(39)11-12-28(27)40-31-30(38)29(37)26-13-16-46-33(26)32(31)41(34(40)42)48(43,44)35(14-15-35)18-25(47-20-23-9-5-2-6-10-23)21-45-19-22-7-3-1-4-8-22/h1-10,12-13,16-17,24-25H,11,14-15,18-21H2/t24?,25-/m1/s1. The highest BCUT2D eigenvalue weighted by atomic mass is 127. The minimum atomic E-state index is -4.66. The molecular formula is C35H30F3IN2O6S. The molecule has 48 heavy (non-hydrogen) atoms. The zero-order chi connectivity index (χ0) is 33.6. The molecule has 0 radical (unpaired) electrons. The van der Waals surface area contributed by atoms with E-state index >= 15 is 13.2 Å². The highest BCUT2D eigenvalue weighted by Gasteiger charge is 2.58. The van der Waals surface area contributed by atoms with Crippen LogP contribution in [-0.4, -0.2) is 38.3 Å². The highest BCUT2D eigenvalue weighted by Crippen LogP contribution is 2.50. The molecule has 1 fully saturated rings. The number of benzene rings is 3. The van der Waals surface area contributed by atoms with Crippen LogP contribution in [0.15, 0.2) is 100 Å². The van der Waals surface area contributed by atoms with Crippen molar-refractivity contribution in [2.75, 3.05) is 6.61 Å². The van der Waals surface area contributed by atoms with E-state index in [1.165, 1.54) is 12.2 Å². The summed E-state index contributed by atoms with van der Waals surface area (Å²) in [5, 5.41) is -0.342. The minimum Gasteiger partial charge on any atom is -0.462 e. The number of aromatic nitrogens is 2. The Morgan fingerprint density at radius 1 is 0.938 bits per heavy atom. The fourth-order valence-corrected chi connectivity index (χ4v) is 8.87. The molecule has 2 heterocycles. The maximum atomic E-state index is 15.9. The van der Waals surface area contributed by atoms with Crippen molar-refractivity contribution in [3.63, 3.8) is 0 Å². The summed E-state index contributed by atoms with van der Waals surface area (Å²) in [6, 6.07) is 20.0. The first-order chi connectivity index (χ1) is 23.1. The van der Waals surface area contributed by atoms with Crippen LogP contribution in [0.2, 0.25) is 0 Å². The molecule has 2 atom stereocenters. The summed E-state index contributed by atoms with van der Waals surface area (Å²) in [4.78, 5) is 14.2. The van der Waals surface area contributed by atoms with Crippen molar-refractivity contribution in [2.45, 2.75) is 53.7 Å². The van der Waals surface area contributed by atoms with Crippen LogP contribution in [-0.2, 0) is 32.7 Å². The Labute approximate surface area is 287 Å². The van der Waals surface area contributed by atoms with Crippen LogP contribution in [0.25, 0.3) is 27.7 Å². The normalized spacial score (nSPS) is 18.2. The summed E-state index contributed by atoms with van der Waals surface area (Å²) in [6.07, 6.45) is 3.58. The molecule has 2 aliphatic rings. The third kappa shape index (κ3) is 5.84. The van der Waals surface area contributed by atoms with Crippen molar-refractivity contribution in [1.82, 2.24) is 8.54 Å². The third-order valence-electron chi connectivity index (χ3n) is 8.82. The van der Waals surface area contributed by atoms with Gasteiger partial charge in [0.15, 0.2) is 17.2 Å². The molecule has 0 saturated heterocycles. The number of alkyl halides is 1. The van der Waals surface area contributed by atoms with Crippen LogP contribution >= 0.6 is 22.6 Å². The number of halogens is 4. The molecule has 8 nitrogen and oxygen atoms in total. The van der Waals surface area contributed by atoms with E-state index in [1.807, 2.05) is 83.3 Å². The molecule has 1 saturated carbocycles. The zero-order valence-electron chi connectivity index (χ0n) is 25.5. The van der Waals surface area contributed by atoms with Gasteiger partial charge in [0, 0.05) is 3.92 Å². The first kappa shape index (κ1) is 32.9. The van der Waals surface area contributed by atoms with E-state index in [0.717, 1.165) is 23.5 Å². The Hall–Kier alpha value is -3.66. The largest absolute Gasteiger partial charge is 0.462 e. The van der Waals surface area contributed by atoms with Crippen molar-refractivity contribution in [2.24, 2.45) is 0 Å². The highest BCUT2D eigenvalue weighted by molar-refractivity contribution is 14.1. The topological polar surface area (TPSA) is 92.7 Å². The summed E-state index contributed by atoms with van der Waals surface area (Å²) in [5.41, 5.74) is -1.35. The average Bonchev–Trinajstić information content (AvgIpc) is 3.59. The summed E-state index contributed by atoms with van der Waals surface area (Å²) < 4.78 is 93.0. The predicted molar refractivity (Wildman–Crippen MR) is 184 cm³/mol. The van der Waals surface area contributed by atoms with Crippen molar-refractivity contribution in [3.8, 4) is 0 Å². The van der Waals surface area contributed by atoms with Gasteiger partial charge in [-0.05, 0) is 49.0 Å². The van der Waals surface area contributed by atoms with E-state index in [4.69, 9.17) is 13.9 Å². The molecule has 0 spiro atoms. The molecule has 0 amide bonds. The lowest BCUT2D eigenvalue weighted by Gasteiger charge is -2.24. The van der Waals surface area contributed by atoms with Gasteiger partial charge in [0.25, 0.3) is 0 Å². The molecule has 250 valence electrons. The van der Waals surface area contributed by atoms with Gasteiger partial charge in [-0.2, -0.15) is 3.97 Å². The zero-order valence-corrected chi connectivity index (χ0v) is 28.4. The second kappa shape index (κ2) is 13.0. The number of imidazole rings is 1. The fraction of sp³-hybridized carbons (Fsp3) is 0.286. The van der Waals surface area contributed by atoms with Crippen LogP contribution < -0.4 is 5.69 Å². The van der Waals surface area contributed by atoms with E-state index in [2.05, 4.69) is 0 Å². The first-order valence-corrected chi connectivity index (χ1v) is 18.1. The Balaban J connectivity index is 1.30. The van der Waals surface area contributed by atoms with Crippen LogP contribution in [0.5, 0.6) is 0 Å². The van der Waals surface area contributed by atoms with E-state index in [-0.39, 0.29) is 66.1 Å². The van der Waals surface area contributed by atoms with Crippen LogP contribution in [0.4, 0.5) is 13.2 Å². The molecule has 2 aliphatic carbocycles. The number of ether oxygens (including phenoxy) is 2. The molecule has 0 N–H and O–H groups in total. The van der Waals surface area contributed by atoms with E-state index in [9.17, 15) is 13.2 Å². The Kier molecular flexibility index (Phi) is 8.89. The average molecular weight is 791 g/mol. The van der Waals surface area contributed by atoms with Gasteiger partial charge in [0.1, 0.15) is 16.9 Å². The lowest BCUT2D eigenvalue weighted by molar-refractivity contribution is -0.0345. The van der Waals surface area contributed by atoms with Gasteiger partial charge in [-0.15, -0.1) is 0 Å².